The number of rotatable bonds is 10. The predicted molar refractivity (Wildman–Crippen MR) is 110 cm³/mol. The van der Waals surface area contributed by atoms with Crippen LogP contribution in [0.15, 0.2) is 42.5 Å². The number of carbonyl (C=O) groups is 2. The second kappa shape index (κ2) is 10.9. The number of amides is 1. The first kappa shape index (κ1) is 22.1. The maximum Gasteiger partial charge on any atom is 0.339 e. The fourth-order valence-corrected chi connectivity index (χ4v) is 2.50. The Bertz CT molecular complexity index is 836. The van der Waals surface area contributed by atoms with E-state index in [-0.39, 0.29) is 5.56 Å². The van der Waals surface area contributed by atoms with Crippen LogP contribution >= 0.6 is 0 Å². The van der Waals surface area contributed by atoms with Crippen molar-refractivity contribution in [1.82, 2.24) is 0 Å². The second-order valence-electron chi connectivity index (χ2n) is 6.30. The lowest BCUT2D eigenvalue weighted by atomic mass is 10.2. The zero-order chi connectivity index (χ0) is 21.2. The summed E-state index contributed by atoms with van der Waals surface area (Å²) in [6.45, 7) is 4.14. The zero-order valence-electron chi connectivity index (χ0n) is 17.2. The molecule has 1 amide bonds. The monoisotopic (exact) mass is 401 g/mol. The number of methoxy groups -OCH3 is 2. The van der Waals surface area contributed by atoms with Crippen LogP contribution in [0.4, 0.5) is 5.69 Å². The lowest BCUT2D eigenvalue weighted by molar-refractivity contribution is -0.123. The van der Waals surface area contributed by atoms with Crippen LogP contribution in [0.5, 0.6) is 17.2 Å². The number of para-hydroxylation sites is 2. The molecule has 0 fully saturated rings. The van der Waals surface area contributed by atoms with Crippen molar-refractivity contribution in [3.05, 3.63) is 48.0 Å². The summed E-state index contributed by atoms with van der Waals surface area (Å²) in [4.78, 5) is 24.8. The quantitative estimate of drug-likeness (QED) is 0.477. The van der Waals surface area contributed by atoms with Gasteiger partial charge < -0.3 is 24.3 Å². The second-order valence-corrected chi connectivity index (χ2v) is 6.30. The summed E-state index contributed by atoms with van der Waals surface area (Å²) in [7, 11) is 3.01. The first-order valence-electron chi connectivity index (χ1n) is 9.45. The first-order valence-corrected chi connectivity index (χ1v) is 9.45. The number of anilines is 1. The van der Waals surface area contributed by atoms with Gasteiger partial charge in [0, 0.05) is 0 Å². The van der Waals surface area contributed by atoms with E-state index in [2.05, 4.69) is 12.2 Å². The van der Waals surface area contributed by atoms with Crippen LogP contribution in [0.3, 0.4) is 0 Å². The number of ether oxygens (including phenoxy) is 4. The molecule has 7 nitrogen and oxygen atoms in total. The van der Waals surface area contributed by atoms with Crippen molar-refractivity contribution in [2.75, 3.05) is 26.1 Å². The average Bonchev–Trinajstić information content (AvgIpc) is 2.74. The van der Waals surface area contributed by atoms with Crippen molar-refractivity contribution in [3.8, 4) is 17.2 Å². The van der Waals surface area contributed by atoms with Crippen LogP contribution in [0.1, 0.15) is 37.0 Å². The molecule has 0 aliphatic rings. The highest BCUT2D eigenvalue weighted by Gasteiger charge is 2.21. The number of nitrogens with one attached hydrogen (secondary N) is 1. The topological polar surface area (TPSA) is 83.1 Å². The smallest absolute Gasteiger partial charge is 0.339 e. The molecule has 29 heavy (non-hydrogen) atoms. The van der Waals surface area contributed by atoms with Crippen molar-refractivity contribution in [3.63, 3.8) is 0 Å². The molecule has 0 heterocycles. The van der Waals surface area contributed by atoms with Crippen molar-refractivity contribution >= 4 is 17.6 Å². The van der Waals surface area contributed by atoms with Gasteiger partial charge in [0.15, 0.2) is 17.6 Å². The standard InChI is InChI=1S/C22H27NO6/c1-5-6-13-28-19-12-11-16(14-20(19)27-4)22(25)29-15(2)21(24)23-17-9-7-8-10-18(17)26-3/h7-12,14-15H,5-6,13H2,1-4H3,(H,23,24). The molecule has 156 valence electrons. The maximum absolute atomic E-state index is 12.5. The van der Waals surface area contributed by atoms with Crippen LogP contribution in [0, 0.1) is 0 Å². The molecule has 1 N–H and O–H groups in total. The summed E-state index contributed by atoms with van der Waals surface area (Å²) in [5.41, 5.74) is 0.764. The van der Waals surface area contributed by atoms with E-state index >= 15 is 0 Å². The predicted octanol–water partition coefficient (Wildman–Crippen LogP) is 4.07. The molecule has 0 spiro atoms. The van der Waals surface area contributed by atoms with Crippen molar-refractivity contribution in [1.29, 1.82) is 0 Å². The normalized spacial score (nSPS) is 11.3. The van der Waals surface area contributed by atoms with E-state index in [1.807, 2.05) is 0 Å². The molecule has 1 unspecified atom stereocenters. The maximum atomic E-state index is 12.5. The highest BCUT2D eigenvalue weighted by Crippen LogP contribution is 2.29. The van der Waals surface area contributed by atoms with Gasteiger partial charge in [-0.1, -0.05) is 25.5 Å². The van der Waals surface area contributed by atoms with Gasteiger partial charge in [0.2, 0.25) is 0 Å². The molecule has 7 heteroatoms. The van der Waals surface area contributed by atoms with Crippen LogP contribution in [-0.4, -0.2) is 38.8 Å². The molecule has 0 aliphatic heterocycles. The molecular weight excluding hydrogens is 374 g/mol. The van der Waals surface area contributed by atoms with Crippen LogP contribution in [0.25, 0.3) is 0 Å². The third-order valence-electron chi connectivity index (χ3n) is 4.17. The van der Waals surface area contributed by atoms with Crippen LogP contribution in [0.2, 0.25) is 0 Å². The average molecular weight is 401 g/mol. The summed E-state index contributed by atoms with van der Waals surface area (Å²) in [5.74, 6) is 0.407. The number of esters is 1. The molecule has 0 saturated heterocycles. The van der Waals surface area contributed by atoms with Gasteiger partial charge in [-0.2, -0.15) is 0 Å². The highest BCUT2D eigenvalue weighted by molar-refractivity contribution is 5.98. The van der Waals surface area contributed by atoms with Gasteiger partial charge in [-0.25, -0.2) is 4.79 Å². The number of carbonyl (C=O) groups excluding carboxylic acids is 2. The fraction of sp³-hybridized carbons (Fsp3) is 0.364. The minimum Gasteiger partial charge on any atom is -0.495 e. The van der Waals surface area contributed by atoms with Crippen LogP contribution in [-0.2, 0) is 9.53 Å². The Hall–Kier alpha value is -3.22. The van der Waals surface area contributed by atoms with Crippen molar-refractivity contribution in [2.24, 2.45) is 0 Å². The van der Waals surface area contributed by atoms with E-state index < -0.39 is 18.0 Å². The van der Waals surface area contributed by atoms with Gasteiger partial charge in [-0.05, 0) is 43.7 Å². The number of unbranched alkanes of at least 4 members (excludes halogenated alkanes) is 1. The van der Waals surface area contributed by atoms with E-state index in [1.54, 1.807) is 36.4 Å². The third-order valence-corrected chi connectivity index (χ3v) is 4.17. The van der Waals surface area contributed by atoms with Crippen molar-refractivity contribution < 1.29 is 28.5 Å². The van der Waals surface area contributed by atoms with E-state index in [9.17, 15) is 9.59 Å². The number of benzene rings is 2. The molecule has 2 rings (SSSR count). The largest absolute Gasteiger partial charge is 0.495 e. The number of hydrogen-bond acceptors (Lipinski definition) is 6. The number of hydrogen-bond donors (Lipinski definition) is 1. The third kappa shape index (κ3) is 6.14. The molecule has 0 aliphatic carbocycles. The minimum absolute atomic E-state index is 0.265. The SMILES string of the molecule is CCCCOc1ccc(C(=O)OC(C)C(=O)Nc2ccccc2OC)cc1OC. The van der Waals surface area contributed by atoms with Gasteiger partial charge in [-0.15, -0.1) is 0 Å². The Morgan fingerprint density at radius 2 is 1.72 bits per heavy atom. The van der Waals surface area contributed by atoms with Gasteiger partial charge >= 0.3 is 5.97 Å². The molecule has 2 aromatic carbocycles. The molecule has 1 atom stereocenters. The summed E-state index contributed by atoms with van der Waals surface area (Å²) >= 11 is 0. The van der Waals surface area contributed by atoms with E-state index in [0.29, 0.717) is 29.5 Å². The van der Waals surface area contributed by atoms with Crippen LogP contribution < -0.4 is 19.5 Å². The lowest BCUT2D eigenvalue weighted by Gasteiger charge is -2.16. The molecule has 0 aromatic heterocycles. The Morgan fingerprint density at radius 3 is 2.41 bits per heavy atom. The van der Waals surface area contributed by atoms with E-state index in [0.717, 1.165) is 12.8 Å². The molecule has 0 saturated carbocycles. The lowest BCUT2D eigenvalue weighted by Crippen LogP contribution is -2.30. The van der Waals surface area contributed by atoms with Crippen molar-refractivity contribution in [2.45, 2.75) is 32.8 Å². The van der Waals surface area contributed by atoms with Gasteiger partial charge in [0.1, 0.15) is 5.75 Å². The Balaban J connectivity index is 2.02. The van der Waals surface area contributed by atoms with Gasteiger partial charge in [-0.3, -0.25) is 4.79 Å². The molecular formula is C22H27NO6. The fourth-order valence-electron chi connectivity index (χ4n) is 2.50. The van der Waals surface area contributed by atoms with E-state index in [1.165, 1.54) is 27.2 Å². The molecule has 0 bridgehead atoms. The summed E-state index contributed by atoms with van der Waals surface area (Å²) in [6, 6.07) is 11.8. The van der Waals surface area contributed by atoms with Gasteiger partial charge in [0.05, 0.1) is 32.1 Å². The Labute approximate surface area is 170 Å². The summed E-state index contributed by atoms with van der Waals surface area (Å²) < 4.78 is 21.4. The minimum atomic E-state index is -1.00. The summed E-state index contributed by atoms with van der Waals surface area (Å²) in [6.07, 6.45) is 0.937. The molecule has 0 radical (unpaired) electrons. The molecule has 2 aromatic rings. The Kier molecular flexibility index (Phi) is 8.33. The zero-order valence-corrected chi connectivity index (χ0v) is 17.2. The van der Waals surface area contributed by atoms with E-state index in [4.69, 9.17) is 18.9 Å². The summed E-state index contributed by atoms with van der Waals surface area (Å²) in [5, 5.41) is 2.69. The van der Waals surface area contributed by atoms with Gasteiger partial charge in [0.25, 0.3) is 5.91 Å². The highest BCUT2D eigenvalue weighted by atomic mass is 16.5. The Morgan fingerprint density at radius 1 is 1.00 bits per heavy atom. The first-order chi connectivity index (χ1) is 14.0.